The summed E-state index contributed by atoms with van der Waals surface area (Å²) in [6, 6.07) is 16.2. The summed E-state index contributed by atoms with van der Waals surface area (Å²) in [5.41, 5.74) is 1.83. The highest BCUT2D eigenvalue weighted by Gasteiger charge is 2.38. The third kappa shape index (κ3) is 4.33. The van der Waals surface area contributed by atoms with Crippen LogP contribution in [0.5, 0.6) is 5.75 Å². The van der Waals surface area contributed by atoms with E-state index in [2.05, 4.69) is 6.07 Å². The molecule has 1 fully saturated rings. The van der Waals surface area contributed by atoms with Crippen molar-refractivity contribution >= 4 is 18.0 Å². The van der Waals surface area contributed by atoms with Crippen LogP contribution in [-0.2, 0) is 25.7 Å². The summed E-state index contributed by atoms with van der Waals surface area (Å²) < 4.78 is 15.8. The Labute approximate surface area is 156 Å². The minimum absolute atomic E-state index is 0.161. The van der Waals surface area contributed by atoms with E-state index in [1.807, 2.05) is 12.1 Å². The molecule has 0 aromatic heterocycles. The molecule has 2 aromatic rings. The van der Waals surface area contributed by atoms with Crippen LogP contribution < -0.4 is 4.74 Å². The molecule has 6 heteroatoms. The maximum Gasteiger partial charge on any atom is 0.348 e. The number of rotatable bonds is 4. The fraction of sp³-hybridized carbons (Fsp3) is 0.190. The summed E-state index contributed by atoms with van der Waals surface area (Å²) in [4.78, 5) is 23.9. The lowest BCUT2D eigenvalue weighted by Crippen LogP contribution is -2.41. The maximum atomic E-state index is 12.0. The topological polar surface area (TPSA) is 85.6 Å². The van der Waals surface area contributed by atoms with Crippen molar-refractivity contribution in [2.45, 2.75) is 26.2 Å². The lowest BCUT2D eigenvalue weighted by Gasteiger charge is -2.29. The van der Waals surface area contributed by atoms with Crippen molar-refractivity contribution in [3.63, 3.8) is 0 Å². The van der Waals surface area contributed by atoms with E-state index < -0.39 is 17.7 Å². The van der Waals surface area contributed by atoms with Gasteiger partial charge in [0.1, 0.15) is 17.9 Å². The standard InChI is InChI=1S/C21H17NO5/c1-21(2)26-19(23)18(20(24)27-21)11-14-7-9-17(10-8-14)25-13-16-6-4-3-5-15(16)12-22/h3-11H,13H2,1-2H3. The number of benzene rings is 2. The first-order valence-electron chi connectivity index (χ1n) is 8.27. The first-order valence-corrected chi connectivity index (χ1v) is 8.27. The molecule has 0 bridgehead atoms. The molecule has 1 saturated heterocycles. The summed E-state index contributed by atoms with van der Waals surface area (Å²) >= 11 is 0. The molecule has 1 aliphatic heterocycles. The van der Waals surface area contributed by atoms with Crippen LogP contribution in [0.2, 0.25) is 0 Å². The molecule has 0 saturated carbocycles. The van der Waals surface area contributed by atoms with Gasteiger partial charge in [-0.15, -0.1) is 0 Å². The fourth-order valence-corrected chi connectivity index (χ4v) is 2.52. The number of cyclic esters (lactones) is 2. The second kappa shape index (κ2) is 7.34. The Bertz CT molecular complexity index is 929. The zero-order valence-corrected chi connectivity index (χ0v) is 14.9. The Hall–Kier alpha value is -3.59. The lowest BCUT2D eigenvalue weighted by molar-refractivity contribution is -0.222. The Kier molecular flexibility index (Phi) is 4.95. The Balaban J connectivity index is 1.70. The molecular formula is C21H17NO5. The average Bonchev–Trinajstić information content (AvgIpc) is 2.63. The van der Waals surface area contributed by atoms with Crippen molar-refractivity contribution < 1.29 is 23.8 Å². The van der Waals surface area contributed by atoms with Gasteiger partial charge in [-0.1, -0.05) is 30.3 Å². The zero-order chi connectivity index (χ0) is 19.4. The van der Waals surface area contributed by atoms with Gasteiger partial charge < -0.3 is 14.2 Å². The molecule has 136 valence electrons. The number of nitriles is 1. The first kappa shape index (κ1) is 18.2. The monoisotopic (exact) mass is 363 g/mol. The highest BCUT2D eigenvalue weighted by molar-refractivity contribution is 6.18. The summed E-state index contributed by atoms with van der Waals surface area (Å²) in [6.45, 7) is 3.25. The fourth-order valence-electron chi connectivity index (χ4n) is 2.52. The van der Waals surface area contributed by atoms with E-state index in [4.69, 9.17) is 19.5 Å². The lowest BCUT2D eigenvalue weighted by atomic mass is 10.1. The van der Waals surface area contributed by atoms with Crippen LogP contribution in [0.3, 0.4) is 0 Å². The van der Waals surface area contributed by atoms with Gasteiger partial charge in [0.15, 0.2) is 0 Å². The van der Waals surface area contributed by atoms with Crippen LogP contribution in [0.1, 0.15) is 30.5 Å². The predicted octanol–water partition coefficient (Wildman–Crippen LogP) is 3.36. The molecule has 1 heterocycles. The Morgan fingerprint density at radius 2 is 1.67 bits per heavy atom. The smallest absolute Gasteiger partial charge is 0.348 e. The predicted molar refractivity (Wildman–Crippen MR) is 96.2 cm³/mol. The van der Waals surface area contributed by atoms with Crippen LogP contribution in [0, 0.1) is 11.3 Å². The second-order valence-corrected chi connectivity index (χ2v) is 6.36. The van der Waals surface area contributed by atoms with Crippen LogP contribution in [0.4, 0.5) is 0 Å². The van der Waals surface area contributed by atoms with Crippen LogP contribution in [0.25, 0.3) is 6.08 Å². The van der Waals surface area contributed by atoms with Gasteiger partial charge in [0.25, 0.3) is 5.79 Å². The van der Waals surface area contributed by atoms with Crippen molar-refractivity contribution in [2.24, 2.45) is 0 Å². The van der Waals surface area contributed by atoms with E-state index in [0.717, 1.165) is 5.56 Å². The van der Waals surface area contributed by atoms with E-state index in [0.29, 0.717) is 16.9 Å². The normalized spacial score (nSPS) is 15.4. The summed E-state index contributed by atoms with van der Waals surface area (Å²) in [5.74, 6) is -2.10. The van der Waals surface area contributed by atoms with Gasteiger partial charge in [0, 0.05) is 19.4 Å². The van der Waals surface area contributed by atoms with E-state index >= 15 is 0 Å². The molecule has 3 rings (SSSR count). The molecule has 0 amide bonds. The molecule has 0 spiro atoms. The Morgan fingerprint density at radius 3 is 2.30 bits per heavy atom. The van der Waals surface area contributed by atoms with Gasteiger partial charge in [-0.2, -0.15) is 5.26 Å². The SMILES string of the molecule is CC1(C)OC(=O)C(=Cc2ccc(OCc3ccccc3C#N)cc2)C(=O)O1. The van der Waals surface area contributed by atoms with Gasteiger partial charge >= 0.3 is 11.9 Å². The number of hydrogen-bond donors (Lipinski definition) is 0. The summed E-state index contributed by atoms with van der Waals surface area (Å²) in [6.07, 6.45) is 1.41. The van der Waals surface area contributed by atoms with Crippen LogP contribution in [-0.4, -0.2) is 17.7 Å². The van der Waals surface area contributed by atoms with Gasteiger partial charge in [0.05, 0.1) is 11.6 Å². The highest BCUT2D eigenvalue weighted by Crippen LogP contribution is 2.25. The molecule has 2 aromatic carbocycles. The van der Waals surface area contributed by atoms with Crippen molar-refractivity contribution in [3.05, 3.63) is 70.8 Å². The van der Waals surface area contributed by atoms with Crippen LogP contribution >= 0.6 is 0 Å². The van der Waals surface area contributed by atoms with Crippen LogP contribution in [0.15, 0.2) is 54.1 Å². The van der Waals surface area contributed by atoms with E-state index in [1.54, 1.807) is 36.4 Å². The Morgan fingerprint density at radius 1 is 1.04 bits per heavy atom. The third-order valence-corrected chi connectivity index (χ3v) is 3.84. The van der Waals surface area contributed by atoms with Gasteiger partial charge in [-0.05, 0) is 29.8 Å². The first-order chi connectivity index (χ1) is 12.9. The molecule has 0 atom stereocenters. The molecule has 6 nitrogen and oxygen atoms in total. The zero-order valence-electron chi connectivity index (χ0n) is 14.9. The van der Waals surface area contributed by atoms with Gasteiger partial charge in [-0.25, -0.2) is 9.59 Å². The van der Waals surface area contributed by atoms with E-state index in [-0.39, 0.29) is 12.2 Å². The third-order valence-electron chi connectivity index (χ3n) is 3.84. The number of hydrogen-bond acceptors (Lipinski definition) is 6. The molecule has 27 heavy (non-hydrogen) atoms. The molecule has 0 unspecified atom stereocenters. The van der Waals surface area contributed by atoms with E-state index in [9.17, 15) is 9.59 Å². The van der Waals surface area contributed by atoms with Gasteiger partial charge in [0.2, 0.25) is 0 Å². The molecule has 1 aliphatic rings. The maximum absolute atomic E-state index is 12.0. The quantitative estimate of drug-likeness (QED) is 0.470. The molecule has 0 N–H and O–H groups in total. The second-order valence-electron chi connectivity index (χ2n) is 6.36. The van der Waals surface area contributed by atoms with Gasteiger partial charge in [-0.3, -0.25) is 0 Å². The van der Waals surface area contributed by atoms with E-state index in [1.165, 1.54) is 19.9 Å². The minimum atomic E-state index is -1.26. The molecular weight excluding hydrogens is 346 g/mol. The van der Waals surface area contributed by atoms with Crippen molar-refractivity contribution in [2.75, 3.05) is 0 Å². The number of nitrogens with zero attached hydrogens (tertiary/aromatic N) is 1. The minimum Gasteiger partial charge on any atom is -0.489 e. The van der Waals surface area contributed by atoms with Crippen molar-refractivity contribution in [1.82, 2.24) is 0 Å². The summed E-state index contributed by atoms with van der Waals surface area (Å²) in [7, 11) is 0. The summed E-state index contributed by atoms with van der Waals surface area (Å²) in [5, 5.41) is 9.10. The number of carbonyl (C=O) groups is 2. The largest absolute Gasteiger partial charge is 0.489 e. The molecule has 0 radical (unpaired) electrons. The average molecular weight is 363 g/mol. The van der Waals surface area contributed by atoms with Crippen molar-refractivity contribution in [3.8, 4) is 11.8 Å². The number of carbonyl (C=O) groups excluding carboxylic acids is 2. The number of esters is 2. The highest BCUT2D eigenvalue weighted by atomic mass is 16.7. The number of ether oxygens (including phenoxy) is 3. The molecule has 0 aliphatic carbocycles. The van der Waals surface area contributed by atoms with Crippen molar-refractivity contribution in [1.29, 1.82) is 5.26 Å².